The summed E-state index contributed by atoms with van der Waals surface area (Å²) in [7, 11) is 0. The highest BCUT2D eigenvalue weighted by atomic mass is 19.4. The highest BCUT2D eigenvalue weighted by Crippen LogP contribution is 2.33. The Morgan fingerprint density at radius 1 is 0.638 bits per heavy atom. The summed E-state index contributed by atoms with van der Waals surface area (Å²) in [4.78, 5) is 43.0. The number of hydrogen-bond donors (Lipinski definition) is 0. The van der Waals surface area contributed by atoms with Gasteiger partial charge in [0, 0.05) is 36.6 Å². The molecule has 0 unspecified atom stereocenters. The van der Waals surface area contributed by atoms with Crippen molar-refractivity contribution in [1.82, 2.24) is 29.1 Å². The molecule has 2 aliphatic carbocycles. The number of hydrogen-bond acceptors (Lipinski definition) is 6. The van der Waals surface area contributed by atoms with Crippen molar-refractivity contribution in [2.75, 3.05) is 0 Å². The third kappa shape index (κ3) is 6.53. The number of aromatic nitrogens is 6. The molecule has 2 aliphatic rings. The van der Waals surface area contributed by atoms with E-state index in [1.165, 1.54) is 24.3 Å². The molecule has 4 heterocycles. The minimum absolute atomic E-state index is 0.148. The number of halogens is 4. The first-order chi connectivity index (χ1) is 22.7. The third-order valence-electron chi connectivity index (χ3n) is 8.28. The largest absolute Gasteiger partial charge is 0.416 e. The number of alkyl halides is 3. The van der Waals surface area contributed by atoms with Crippen molar-refractivity contribution in [3.8, 4) is 22.5 Å². The van der Waals surface area contributed by atoms with Gasteiger partial charge >= 0.3 is 6.18 Å². The predicted octanol–water partition coefficient (Wildman–Crippen LogP) is 6.89. The minimum atomic E-state index is -4.41. The second-order valence-electron chi connectivity index (χ2n) is 11.9. The molecule has 0 atom stereocenters. The van der Waals surface area contributed by atoms with Gasteiger partial charge in [-0.15, -0.1) is 0 Å². The van der Waals surface area contributed by atoms with Crippen LogP contribution in [0.3, 0.4) is 0 Å². The molecule has 0 saturated heterocycles. The number of fused-ring (bicyclic) bond motifs is 2. The van der Waals surface area contributed by atoms with Gasteiger partial charge in [0.1, 0.15) is 28.2 Å². The van der Waals surface area contributed by atoms with Crippen molar-refractivity contribution in [3.63, 3.8) is 0 Å². The number of pyridine rings is 2. The van der Waals surface area contributed by atoms with E-state index in [9.17, 15) is 27.2 Å². The summed E-state index contributed by atoms with van der Waals surface area (Å²) in [6.07, 6.45) is 3.29. The van der Waals surface area contributed by atoms with Crippen LogP contribution in [0, 0.1) is 17.7 Å². The predicted molar refractivity (Wildman–Crippen MR) is 169 cm³/mol. The average Bonchev–Trinajstić information content (AvgIpc) is 4.01. The average molecular weight is 641 g/mol. The first-order valence-electron chi connectivity index (χ1n) is 15.3. The van der Waals surface area contributed by atoms with Crippen LogP contribution in [0.5, 0.6) is 0 Å². The second kappa shape index (κ2) is 12.2. The van der Waals surface area contributed by atoms with Gasteiger partial charge in [0.2, 0.25) is 0 Å². The monoisotopic (exact) mass is 640 g/mol. The maximum absolute atomic E-state index is 13.1. The SMILES string of the molecule is O=c1c(-c2ccc(C(F)(F)F)cc2)nc2cccnc2n1CC1CC1.O=c1c(-c2ccc(F)cc2)nc2cccnc2n1CC1CC1. The topological polar surface area (TPSA) is 95.6 Å². The van der Waals surface area contributed by atoms with Crippen LogP contribution in [-0.4, -0.2) is 29.1 Å². The summed E-state index contributed by atoms with van der Waals surface area (Å²) < 4.78 is 54.6. The van der Waals surface area contributed by atoms with Crippen molar-refractivity contribution in [2.24, 2.45) is 11.8 Å². The Balaban J connectivity index is 0.000000151. The maximum atomic E-state index is 13.1. The molecule has 0 amide bonds. The summed E-state index contributed by atoms with van der Waals surface area (Å²) >= 11 is 0. The van der Waals surface area contributed by atoms with Crippen LogP contribution in [0.1, 0.15) is 31.2 Å². The molecule has 8 nitrogen and oxygen atoms in total. The van der Waals surface area contributed by atoms with Crippen molar-refractivity contribution in [1.29, 1.82) is 0 Å². The Labute approximate surface area is 265 Å². The summed E-state index contributed by atoms with van der Waals surface area (Å²) in [6.45, 7) is 1.23. The summed E-state index contributed by atoms with van der Waals surface area (Å²) in [5.74, 6) is 0.668. The van der Waals surface area contributed by atoms with Crippen LogP contribution in [-0.2, 0) is 19.3 Å². The molecule has 4 aromatic heterocycles. The normalized spacial score (nSPS) is 14.6. The number of rotatable bonds is 6. The molecule has 0 spiro atoms. The van der Waals surface area contributed by atoms with Crippen LogP contribution in [0.4, 0.5) is 17.6 Å². The van der Waals surface area contributed by atoms with E-state index in [-0.39, 0.29) is 22.6 Å². The molecule has 0 aliphatic heterocycles. The fourth-order valence-electron chi connectivity index (χ4n) is 5.41. The second-order valence-corrected chi connectivity index (χ2v) is 11.9. The zero-order valence-electron chi connectivity index (χ0n) is 25.0. The Kier molecular flexibility index (Phi) is 7.86. The smallest absolute Gasteiger partial charge is 0.289 e. The van der Waals surface area contributed by atoms with Crippen molar-refractivity contribution in [2.45, 2.75) is 44.9 Å². The van der Waals surface area contributed by atoms with Crippen LogP contribution in [0.2, 0.25) is 0 Å². The van der Waals surface area contributed by atoms with Crippen molar-refractivity contribution in [3.05, 3.63) is 117 Å². The molecule has 47 heavy (non-hydrogen) atoms. The Morgan fingerprint density at radius 2 is 1.06 bits per heavy atom. The van der Waals surface area contributed by atoms with Crippen molar-refractivity contribution < 1.29 is 17.6 Å². The molecule has 2 aromatic carbocycles. The standard InChI is InChI=1S/C18H14F3N3O.C17H14FN3O/c19-18(20,21)13-7-5-12(6-8-13)15-17(25)24(10-11-3-4-11)16-14(23-15)2-1-9-22-16;18-13-7-5-12(6-8-13)15-17(22)21(10-11-3-4-11)16-14(20-15)2-1-9-19-16/h1-2,5-9,11H,3-4,10H2;1-2,5-9,11H,3-4,10H2. The quantitative estimate of drug-likeness (QED) is 0.184. The van der Waals surface area contributed by atoms with Gasteiger partial charge in [-0.2, -0.15) is 13.2 Å². The van der Waals surface area contributed by atoms with E-state index in [0.29, 0.717) is 64.1 Å². The lowest BCUT2D eigenvalue weighted by Gasteiger charge is -2.12. The Morgan fingerprint density at radius 3 is 1.47 bits per heavy atom. The lowest BCUT2D eigenvalue weighted by molar-refractivity contribution is -0.137. The summed E-state index contributed by atoms with van der Waals surface area (Å²) in [5, 5.41) is 0. The van der Waals surface area contributed by atoms with Crippen LogP contribution >= 0.6 is 0 Å². The Bertz CT molecular complexity index is 2200. The molecule has 238 valence electrons. The molecular formula is C35H28F4N6O2. The number of benzene rings is 2. The highest BCUT2D eigenvalue weighted by molar-refractivity contribution is 5.75. The fraction of sp³-hybridized carbons (Fsp3) is 0.257. The van der Waals surface area contributed by atoms with Gasteiger partial charge in [0.05, 0.1) is 5.56 Å². The van der Waals surface area contributed by atoms with E-state index in [1.807, 2.05) is 6.07 Å². The molecular weight excluding hydrogens is 612 g/mol. The molecule has 0 N–H and O–H groups in total. The molecule has 0 radical (unpaired) electrons. The molecule has 2 saturated carbocycles. The van der Waals surface area contributed by atoms with E-state index in [0.717, 1.165) is 37.8 Å². The van der Waals surface area contributed by atoms with E-state index >= 15 is 0 Å². The van der Waals surface area contributed by atoms with Gasteiger partial charge in [-0.25, -0.2) is 24.3 Å². The molecule has 6 aromatic rings. The van der Waals surface area contributed by atoms with Gasteiger partial charge in [-0.1, -0.05) is 12.1 Å². The summed E-state index contributed by atoms with van der Waals surface area (Å²) in [5.41, 5.74) is 2.62. The fourth-order valence-corrected chi connectivity index (χ4v) is 5.41. The summed E-state index contributed by atoms with van der Waals surface area (Å²) in [6, 6.07) is 17.5. The van der Waals surface area contributed by atoms with E-state index < -0.39 is 11.7 Å². The van der Waals surface area contributed by atoms with Crippen molar-refractivity contribution >= 4 is 22.3 Å². The zero-order valence-corrected chi connectivity index (χ0v) is 25.0. The van der Waals surface area contributed by atoms with Gasteiger partial charge in [-0.3, -0.25) is 18.7 Å². The third-order valence-corrected chi connectivity index (χ3v) is 8.28. The molecule has 8 rings (SSSR count). The van der Waals surface area contributed by atoms with Crippen LogP contribution in [0.15, 0.2) is 94.8 Å². The molecule has 0 bridgehead atoms. The Hall–Kier alpha value is -5.26. The van der Waals surface area contributed by atoms with Gasteiger partial charge in [0.15, 0.2) is 11.3 Å². The van der Waals surface area contributed by atoms with E-state index in [2.05, 4.69) is 19.9 Å². The van der Waals surface area contributed by atoms with E-state index in [1.54, 1.807) is 51.9 Å². The van der Waals surface area contributed by atoms with Crippen LogP contribution < -0.4 is 11.1 Å². The highest BCUT2D eigenvalue weighted by Gasteiger charge is 2.30. The lowest BCUT2D eigenvalue weighted by Crippen LogP contribution is -2.25. The van der Waals surface area contributed by atoms with Gasteiger partial charge in [-0.05, 0) is 98.2 Å². The minimum Gasteiger partial charge on any atom is -0.289 e. The first-order valence-corrected chi connectivity index (χ1v) is 15.3. The molecule has 12 heteroatoms. The molecule has 2 fully saturated rings. The van der Waals surface area contributed by atoms with Gasteiger partial charge in [0.25, 0.3) is 11.1 Å². The van der Waals surface area contributed by atoms with E-state index in [4.69, 9.17) is 0 Å². The maximum Gasteiger partial charge on any atom is 0.416 e. The number of nitrogens with zero attached hydrogens (tertiary/aromatic N) is 6. The van der Waals surface area contributed by atoms with Gasteiger partial charge < -0.3 is 0 Å². The lowest BCUT2D eigenvalue weighted by atomic mass is 10.1. The first kappa shape index (κ1) is 30.4. The van der Waals surface area contributed by atoms with Crippen LogP contribution in [0.25, 0.3) is 44.8 Å². The zero-order chi connectivity index (χ0) is 32.7.